The van der Waals surface area contributed by atoms with Crippen LogP contribution in [-0.4, -0.2) is 33.8 Å². The number of nitrogens with zero attached hydrogens (tertiary/aromatic N) is 5. The minimum Gasteiger partial charge on any atom is -0.347 e. The van der Waals surface area contributed by atoms with Gasteiger partial charge in [-0.3, -0.25) is 0 Å². The summed E-state index contributed by atoms with van der Waals surface area (Å²) in [6.07, 6.45) is 5.29. The highest BCUT2D eigenvalue weighted by Gasteiger charge is 2.01. The number of rotatable bonds is 2. The summed E-state index contributed by atoms with van der Waals surface area (Å²) < 4.78 is 1.70. The average Bonchev–Trinajstić information content (AvgIpc) is 2.71. The van der Waals surface area contributed by atoms with Crippen LogP contribution < -0.4 is 4.90 Å². The van der Waals surface area contributed by atoms with Gasteiger partial charge in [0.15, 0.2) is 5.82 Å². The van der Waals surface area contributed by atoms with Gasteiger partial charge in [-0.25, -0.2) is 9.67 Å². The van der Waals surface area contributed by atoms with Crippen LogP contribution in [0, 0.1) is 0 Å². The van der Waals surface area contributed by atoms with E-state index in [1.807, 2.05) is 37.3 Å². The van der Waals surface area contributed by atoms with Crippen LogP contribution in [0.1, 0.15) is 0 Å². The summed E-state index contributed by atoms with van der Waals surface area (Å²) in [5.41, 5.74) is 0. The monoisotopic (exact) mass is 189 g/mol. The highest BCUT2D eigenvalue weighted by atomic mass is 15.3. The summed E-state index contributed by atoms with van der Waals surface area (Å²) in [5.74, 6) is 1.45. The van der Waals surface area contributed by atoms with E-state index in [9.17, 15) is 0 Å². The fraction of sp³-hybridized carbons (Fsp3) is 0.222. The number of hydrogen-bond donors (Lipinski definition) is 0. The van der Waals surface area contributed by atoms with Gasteiger partial charge in [0, 0.05) is 38.8 Å². The number of aromatic nitrogens is 4. The Kier molecular flexibility index (Phi) is 2.14. The Labute approximate surface area is 82.0 Å². The Balaban J connectivity index is 2.41. The molecule has 0 radical (unpaired) electrons. The maximum Gasteiger partial charge on any atom is 0.226 e. The predicted molar refractivity (Wildman–Crippen MR) is 53.5 cm³/mol. The quantitative estimate of drug-likeness (QED) is 0.698. The largest absolute Gasteiger partial charge is 0.347 e. The van der Waals surface area contributed by atoms with Gasteiger partial charge in [0.05, 0.1) is 0 Å². The van der Waals surface area contributed by atoms with Gasteiger partial charge in [-0.1, -0.05) is 0 Å². The second-order valence-corrected chi connectivity index (χ2v) is 3.06. The van der Waals surface area contributed by atoms with Gasteiger partial charge in [-0.2, -0.15) is 10.1 Å². The summed E-state index contributed by atoms with van der Waals surface area (Å²) in [4.78, 5) is 10.3. The van der Waals surface area contributed by atoms with Crippen molar-refractivity contribution in [2.75, 3.05) is 19.0 Å². The van der Waals surface area contributed by atoms with E-state index >= 15 is 0 Å². The van der Waals surface area contributed by atoms with Gasteiger partial charge in [-0.05, 0) is 6.07 Å². The summed E-state index contributed by atoms with van der Waals surface area (Å²) in [5, 5.41) is 4.09. The van der Waals surface area contributed by atoms with E-state index in [1.54, 1.807) is 17.1 Å². The third kappa shape index (κ3) is 1.56. The van der Waals surface area contributed by atoms with Crippen molar-refractivity contribution in [1.29, 1.82) is 0 Å². The molecule has 2 aromatic heterocycles. The van der Waals surface area contributed by atoms with Crippen molar-refractivity contribution in [2.45, 2.75) is 0 Å². The van der Waals surface area contributed by atoms with E-state index in [2.05, 4.69) is 15.1 Å². The fourth-order valence-corrected chi connectivity index (χ4v) is 1.09. The molecule has 0 aliphatic heterocycles. The molecule has 2 rings (SSSR count). The van der Waals surface area contributed by atoms with Crippen LogP contribution in [0.4, 0.5) is 5.95 Å². The van der Waals surface area contributed by atoms with Gasteiger partial charge in [0.25, 0.3) is 0 Å². The fourth-order valence-electron chi connectivity index (χ4n) is 1.09. The zero-order valence-corrected chi connectivity index (χ0v) is 8.12. The molecule has 5 nitrogen and oxygen atoms in total. The van der Waals surface area contributed by atoms with Gasteiger partial charge < -0.3 is 4.90 Å². The van der Waals surface area contributed by atoms with E-state index < -0.39 is 0 Å². The highest BCUT2D eigenvalue weighted by molar-refractivity contribution is 5.32. The summed E-state index contributed by atoms with van der Waals surface area (Å²) in [7, 11) is 3.81. The maximum atomic E-state index is 4.33. The Bertz CT molecular complexity index is 407. The molecule has 0 spiro atoms. The molecular formula is C9H11N5. The summed E-state index contributed by atoms with van der Waals surface area (Å²) in [6, 6.07) is 3.68. The zero-order chi connectivity index (χ0) is 9.97. The minimum absolute atomic E-state index is 0.679. The first-order valence-electron chi connectivity index (χ1n) is 4.28. The molecule has 0 amide bonds. The minimum atomic E-state index is 0.679. The van der Waals surface area contributed by atoms with Crippen LogP contribution >= 0.6 is 0 Å². The summed E-state index contributed by atoms with van der Waals surface area (Å²) in [6.45, 7) is 0. The summed E-state index contributed by atoms with van der Waals surface area (Å²) >= 11 is 0. The first-order chi connectivity index (χ1) is 6.77. The molecule has 5 heteroatoms. The van der Waals surface area contributed by atoms with E-state index in [4.69, 9.17) is 0 Å². The Morgan fingerprint density at radius 2 is 2.14 bits per heavy atom. The third-order valence-electron chi connectivity index (χ3n) is 1.77. The van der Waals surface area contributed by atoms with Crippen LogP contribution in [0.2, 0.25) is 0 Å². The Morgan fingerprint density at radius 3 is 2.79 bits per heavy atom. The lowest BCUT2D eigenvalue weighted by atomic mass is 10.6. The van der Waals surface area contributed by atoms with Gasteiger partial charge in [0.2, 0.25) is 5.95 Å². The van der Waals surface area contributed by atoms with Crippen molar-refractivity contribution in [3.8, 4) is 5.82 Å². The van der Waals surface area contributed by atoms with Gasteiger partial charge in [-0.15, -0.1) is 0 Å². The van der Waals surface area contributed by atoms with Crippen molar-refractivity contribution >= 4 is 5.95 Å². The molecule has 0 atom stereocenters. The van der Waals surface area contributed by atoms with Crippen LogP contribution in [0.3, 0.4) is 0 Å². The smallest absolute Gasteiger partial charge is 0.226 e. The second kappa shape index (κ2) is 3.45. The van der Waals surface area contributed by atoms with Crippen molar-refractivity contribution in [2.24, 2.45) is 0 Å². The van der Waals surface area contributed by atoms with Crippen LogP contribution in [0.5, 0.6) is 0 Å². The average molecular weight is 189 g/mol. The molecule has 2 aromatic rings. The molecule has 2 heterocycles. The number of hydrogen-bond acceptors (Lipinski definition) is 4. The highest BCUT2D eigenvalue weighted by Crippen LogP contribution is 2.06. The SMILES string of the molecule is CN(C)c1nccc(-n2cccn2)n1. The molecule has 0 bridgehead atoms. The van der Waals surface area contributed by atoms with E-state index in [-0.39, 0.29) is 0 Å². The first-order valence-corrected chi connectivity index (χ1v) is 4.28. The van der Waals surface area contributed by atoms with Gasteiger partial charge >= 0.3 is 0 Å². The molecule has 0 aromatic carbocycles. The molecule has 0 aliphatic carbocycles. The maximum absolute atomic E-state index is 4.33. The molecular weight excluding hydrogens is 178 g/mol. The lowest BCUT2D eigenvalue weighted by Crippen LogP contribution is -2.13. The molecule has 14 heavy (non-hydrogen) atoms. The Morgan fingerprint density at radius 1 is 1.29 bits per heavy atom. The molecule has 72 valence electrons. The van der Waals surface area contributed by atoms with E-state index in [0.717, 1.165) is 5.82 Å². The first kappa shape index (κ1) is 8.68. The number of anilines is 1. The lowest BCUT2D eigenvalue weighted by Gasteiger charge is -2.10. The molecule has 0 N–H and O–H groups in total. The Hall–Kier alpha value is -1.91. The standard InChI is InChI=1S/C9H11N5/c1-13(2)9-10-6-4-8(12-9)14-7-3-5-11-14/h3-7H,1-2H3. The predicted octanol–water partition coefficient (Wildman–Crippen LogP) is 0.728. The lowest BCUT2D eigenvalue weighted by molar-refractivity contribution is 0.832. The molecule has 0 fully saturated rings. The zero-order valence-electron chi connectivity index (χ0n) is 8.12. The molecule has 0 saturated heterocycles. The van der Waals surface area contributed by atoms with Crippen molar-refractivity contribution in [3.63, 3.8) is 0 Å². The topological polar surface area (TPSA) is 46.8 Å². The van der Waals surface area contributed by atoms with Crippen molar-refractivity contribution < 1.29 is 0 Å². The van der Waals surface area contributed by atoms with E-state index in [1.165, 1.54) is 0 Å². The van der Waals surface area contributed by atoms with Gasteiger partial charge in [0.1, 0.15) is 0 Å². The normalized spacial score (nSPS) is 10.1. The molecule has 0 saturated carbocycles. The van der Waals surface area contributed by atoms with E-state index in [0.29, 0.717) is 5.95 Å². The molecule has 0 aliphatic rings. The van der Waals surface area contributed by atoms with Crippen LogP contribution in [0.25, 0.3) is 5.82 Å². The molecule has 0 unspecified atom stereocenters. The van der Waals surface area contributed by atoms with Crippen LogP contribution in [-0.2, 0) is 0 Å². The van der Waals surface area contributed by atoms with Crippen LogP contribution in [0.15, 0.2) is 30.7 Å². The second-order valence-electron chi connectivity index (χ2n) is 3.06. The third-order valence-corrected chi connectivity index (χ3v) is 1.77. The van der Waals surface area contributed by atoms with Crippen molar-refractivity contribution in [3.05, 3.63) is 30.7 Å². The van der Waals surface area contributed by atoms with Crippen molar-refractivity contribution in [1.82, 2.24) is 19.7 Å².